The lowest BCUT2D eigenvalue weighted by Gasteiger charge is -2.31. The summed E-state index contributed by atoms with van der Waals surface area (Å²) in [6.07, 6.45) is 0. The smallest absolute Gasteiger partial charge is 0.166 e. The van der Waals surface area contributed by atoms with Crippen LogP contribution in [0.5, 0.6) is 0 Å². The monoisotopic (exact) mass is 342 g/mol. The van der Waals surface area contributed by atoms with Gasteiger partial charge in [-0.3, -0.25) is 4.90 Å². The predicted molar refractivity (Wildman–Crippen MR) is 97.3 cm³/mol. The molecule has 0 bridgehead atoms. The summed E-state index contributed by atoms with van der Waals surface area (Å²) in [5.41, 5.74) is 0. The lowest BCUT2D eigenvalue weighted by molar-refractivity contribution is 0.140. The second-order valence-corrected chi connectivity index (χ2v) is 7.02. The summed E-state index contributed by atoms with van der Waals surface area (Å²) in [5.74, 6) is 4.06. The van der Waals surface area contributed by atoms with E-state index in [0.29, 0.717) is 5.11 Å². The number of hydrogen-bond acceptors (Lipinski definition) is 5. The van der Waals surface area contributed by atoms with Crippen molar-refractivity contribution in [2.75, 3.05) is 52.6 Å². The molecule has 0 aliphatic carbocycles. The third kappa shape index (κ3) is 6.16. The first-order chi connectivity index (χ1) is 10.7. The predicted octanol–water partition coefficient (Wildman–Crippen LogP) is 1.35. The summed E-state index contributed by atoms with van der Waals surface area (Å²) in [6, 6.07) is 4.21. The van der Waals surface area contributed by atoms with E-state index < -0.39 is 0 Å². The van der Waals surface area contributed by atoms with Crippen molar-refractivity contribution in [3.63, 3.8) is 0 Å². The van der Waals surface area contributed by atoms with E-state index in [2.05, 4.69) is 39.6 Å². The molecule has 0 atom stereocenters. The molecule has 1 fully saturated rings. The average Bonchev–Trinajstić information content (AvgIpc) is 2.96. The van der Waals surface area contributed by atoms with Gasteiger partial charge in [-0.1, -0.05) is 0 Å². The molecule has 1 aromatic heterocycles. The number of thiocarbonyl (C=S) groups is 1. The zero-order chi connectivity index (χ0) is 15.8. The van der Waals surface area contributed by atoms with Gasteiger partial charge in [0.25, 0.3) is 0 Å². The Hall–Kier alpha value is -0.760. The van der Waals surface area contributed by atoms with Gasteiger partial charge in [0.15, 0.2) is 5.11 Å². The van der Waals surface area contributed by atoms with E-state index in [-0.39, 0.29) is 0 Å². The quantitative estimate of drug-likeness (QED) is 0.573. The summed E-state index contributed by atoms with van der Waals surface area (Å²) >= 11 is 6.88. The minimum Gasteiger partial charge on any atom is -0.464 e. The van der Waals surface area contributed by atoms with Gasteiger partial charge >= 0.3 is 0 Å². The van der Waals surface area contributed by atoms with Crippen molar-refractivity contribution in [3.05, 3.63) is 23.7 Å². The van der Waals surface area contributed by atoms with Gasteiger partial charge in [0, 0.05) is 45.5 Å². The standard InChI is InChI=1S/C15H26N4OS2/c1-16-15(21)17-5-10-22-12-14-4-3-13(20-14)11-19-8-6-18(2)7-9-19/h3-4H,5-12H2,1-2H3,(H2,16,17,21). The van der Waals surface area contributed by atoms with Crippen molar-refractivity contribution < 1.29 is 4.42 Å². The van der Waals surface area contributed by atoms with Crippen molar-refractivity contribution in [2.24, 2.45) is 0 Å². The van der Waals surface area contributed by atoms with Crippen LogP contribution >= 0.6 is 24.0 Å². The van der Waals surface area contributed by atoms with Crippen LogP contribution in [0.4, 0.5) is 0 Å². The zero-order valence-corrected chi connectivity index (χ0v) is 15.1. The van der Waals surface area contributed by atoms with Gasteiger partial charge in [0.1, 0.15) is 11.5 Å². The molecular weight excluding hydrogens is 316 g/mol. The maximum Gasteiger partial charge on any atom is 0.166 e. The van der Waals surface area contributed by atoms with Crippen LogP contribution in [0.3, 0.4) is 0 Å². The average molecular weight is 343 g/mol. The van der Waals surface area contributed by atoms with E-state index in [0.717, 1.165) is 62.3 Å². The molecule has 124 valence electrons. The largest absolute Gasteiger partial charge is 0.464 e. The third-order valence-corrected chi connectivity index (χ3v) is 5.03. The Morgan fingerprint density at radius 2 is 2.00 bits per heavy atom. The van der Waals surface area contributed by atoms with Crippen LogP contribution in [0, 0.1) is 0 Å². The van der Waals surface area contributed by atoms with Crippen molar-refractivity contribution in [2.45, 2.75) is 12.3 Å². The molecule has 0 saturated carbocycles. The first-order valence-corrected chi connectivity index (χ1v) is 9.25. The molecule has 7 heteroatoms. The summed E-state index contributed by atoms with van der Waals surface area (Å²) < 4.78 is 5.93. The number of likely N-dealkylation sites (N-methyl/N-ethyl adjacent to an activating group) is 1. The summed E-state index contributed by atoms with van der Waals surface area (Å²) in [7, 11) is 4.00. The van der Waals surface area contributed by atoms with Crippen LogP contribution in [0.15, 0.2) is 16.5 Å². The highest BCUT2D eigenvalue weighted by Gasteiger charge is 2.15. The number of thioether (sulfide) groups is 1. The summed E-state index contributed by atoms with van der Waals surface area (Å²) in [4.78, 5) is 4.83. The Balaban J connectivity index is 1.63. The molecule has 2 N–H and O–H groups in total. The maximum absolute atomic E-state index is 5.93. The third-order valence-electron chi connectivity index (χ3n) is 3.70. The molecule has 0 unspecified atom stereocenters. The van der Waals surface area contributed by atoms with E-state index in [9.17, 15) is 0 Å². The normalized spacial score (nSPS) is 16.6. The molecule has 2 heterocycles. The fraction of sp³-hybridized carbons (Fsp3) is 0.667. The molecule has 1 aliphatic heterocycles. The Bertz CT molecular complexity index is 458. The van der Waals surface area contributed by atoms with E-state index in [1.807, 2.05) is 18.8 Å². The van der Waals surface area contributed by atoms with Gasteiger partial charge < -0.3 is 20.0 Å². The highest BCUT2D eigenvalue weighted by molar-refractivity contribution is 7.98. The topological polar surface area (TPSA) is 43.7 Å². The minimum absolute atomic E-state index is 0.702. The molecule has 0 aromatic carbocycles. The lowest BCUT2D eigenvalue weighted by Crippen LogP contribution is -2.43. The molecular formula is C15H26N4OS2. The number of piperazine rings is 1. The lowest BCUT2D eigenvalue weighted by atomic mass is 10.3. The van der Waals surface area contributed by atoms with Crippen LogP contribution in [-0.2, 0) is 12.3 Å². The van der Waals surface area contributed by atoms with Crippen LogP contribution in [0.25, 0.3) is 0 Å². The second kappa shape index (κ2) is 9.39. The number of nitrogens with one attached hydrogen (secondary N) is 2. The van der Waals surface area contributed by atoms with Crippen molar-refractivity contribution in [3.8, 4) is 0 Å². The number of hydrogen-bond donors (Lipinski definition) is 2. The fourth-order valence-corrected chi connectivity index (χ4v) is 3.16. The summed E-state index contributed by atoms with van der Waals surface area (Å²) in [5, 5.41) is 6.74. The SMILES string of the molecule is CNC(=S)NCCSCc1ccc(CN2CCN(C)CC2)o1. The molecule has 1 aromatic rings. The van der Waals surface area contributed by atoms with Crippen molar-refractivity contribution >= 4 is 29.1 Å². The number of furan rings is 1. The Kier molecular flexibility index (Phi) is 7.51. The van der Waals surface area contributed by atoms with Crippen molar-refractivity contribution in [1.82, 2.24) is 20.4 Å². The van der Waals surface area contributed by atoms with Gasteiger partial charge in [-0.15, -0.1) is 0 Å². The number of rotatable bonds is 7. The van der Waals surface area contributed by atoms with Gasteiger partial charge in [-0.25, -0.2) is 0 Å². The molecule has 0 radical (unpaired) electrons. The second-order valence-electron chi connectivity index (χ2n) is 5.51. The van der Waals surface area contributed by atoms with E-state index >= 15 is 0 Å². The Morgan fingerprint density at radius 3 is 2.73 bits per heavy atom. The minimum atomic E-state index is 0.702. The van der Waals surface area contributed by atoms with Crippen LogP contribution in [0.1, 0.15) is 11.5 Å². The van der Waals surface area contributed by atoms with Gasteiger partial charge in [-0.2, -0.15) is 11.8 Å². The van der Waals surface area contributed by atoms with Crippen LogP contribution in [-0.4, -0.2) is 67.5 Å². The maximum atomic E-state index is 5.93. The highest BCUT2D eigenvalue weighted by Crippen LogP contribution is 2.17. The van der Waals surface area contributed by atoms with Gasteiger partial charge in [0.05, 0.1) is 12.3 Å². The molecule has 2 rings (SSSR count). The molecule has 1 aliphatic rings. The van der Waals surface area contributed by atoms with Gasteiger partial charge in [0.2, 0.25) is 0 Å². The van der Waals surface area contributed by atoms with Crippen LogP contribution in [0.2, 0.25) is 0 Å². The molecule has 1 saturated heterocycles. The molecule has 22 heavy (non-hydrogen) atoms. The van der Waals surface area contributed by atoms with Crippen molar-refractivity contribution in [1.29, 1.82) is 0 Å². The Labute approximate surface area is 142 Å². The molecule has 5 nitrogen and oxygen atoms in total. The molecule has 0 amide bonds. The summed E-state index contributed by atoms with van der Waals surface area (Å²) in [6.45, 7) is 6.34. The number of nitrogens with zero attached hydrogens (tertiary/aromatic N) is 2. The van der Waals surface area contributed by atoms with E-state index in [1.165, 1.54) is 0 Å². The Morgan fingerprint density at radius 1 is 1.27 bits per heavy atom. The first-order valence-electron chi connectivity index (χ1n) is 7.69. The fourth-order valence-electron chi connectivity index (χ4n) is 2.31. The highest BCUT2D eigenvalue weighted by atomic mass is 32.2. The van der Waals surface area contributed by atoms with E-state index in [1.54, 1.807) is 0 Å². The molecule has 0 spiro atoms. The van der Waals surface area contributed by atoms with Crippen LogP contribution < -0.4 is 10.6 Å². The first kappa shape index (κ1) is 17.6. The van der Waals surface area contributed by atoms with Gasteiger partial charge in [-0.05, 0) is 31.4 Å². The zero-order valence-electron chi connectivity index (χ0n) is 13.4. The van der Waals surface area contributed by atoms with E-state index in [4.69, 9.17) is 16.6 Å².